The summed E-state index contributed by atoms with van der Waals surface area (Å²) in [5, 5.41) is 5.51. The van der Waals surface area contributed by atoms with Gasteiger partial charge in [0.15, 0.2) is 0 Å². The van der Waals surface area contributed by atoms with Gasteiger partial charge in [-0.15, -0.1) is 0 Å². The van der Waals surface area contributed by atoms with Crippen molar-refractivity contribution in [2.45, 2.75) is 6.61 Å². The molecule has 0 aliphatic carbocycles. The molecule has 8 heteroatoms. The highest BCUT2D eigenvalue weighted by molar-refractivity contribution is 6.00. The van der Waals surface area contributed by atoms with Crippen LogP contribution in [0, 0.1) is 0 Å². The number of fused-ring (bicyclic) bond motifs is 1. The molecule has 2 N–H and O–H groups in total. The third-order valence-electron chi connectivity index (χ3n) is 4.46. The first kappa shape index (κ1) is 20.0. The van der Waals surface area contributed by atoms with Gasteiger partial charge >= 0.3 is 6.03 Å². The van der Waals surface area contributed by atoms with Gasteiger partial charge in [-0.3, -0.25) is 9.20 Å². The quantitative estimate of drug-likeness (QED) is 0.497. The zero-order valence-electron chi connectivity index (χ0n) is 16.7. The number of amides is 2. The van der Waals surface area contributed by atoms with Gasteiger partial charge in [-0.05, 0) is 36.4 Å². The second-order valence-corrected chi connectivity index (χ2v) is 6.61. The molecule has 0 bridgehead atoms. The lowest BCUT2D eigenvalue weighted by Gasteiger charge is -2.12. The van der Waals surface area contributed by atoms with Crippen LogP contribution >= 0.6 is 0 Å². The molecule has 8 nitrogen and oxygen atoms in total. The van der Waals surface area contributed by atoms with Crippen LogP contribution in [0.2, 0.25) is 0 Å². The number of aromatic nitrogens is 2. The number of ether oxygens (including phenoxy) is 2. The molecule has 4 rings (SSSR count). The molecule has 0 unspecified atom stereocenters. The average Bonchev–Trinajstić information content (AvgIpc) is 2.78. The fourth-order valence-electron chi connectivity index (χ4n) is 3.03. The molecule has 2 amide bonds. The third kappa shape index (κ3) is 4.81. The van der Waals surface area contributed by atoms with Crippen molar-refractivity contribution in [3.63, 3.8) is 0 Å². The Morgan fingerprint density at radius 1 is 1.00 bits per heavy atom. The first-order chi connectivity index (χ1) is 15.1. The number of benzene rings is 2. The number of carbonyl (C=O) groups excluding carboxylic acids is 1. The highest BCUT2D eigenvalue weighted by Gasteiger charge is 2.08. The number of hydrogen-bond donors (Lipinski definition) is 2. The highest BCUT2D eigenvalue weighted by atomic mass is 16.5. The predicted molar refractivity (Wildman–Crippen MR) is 118 cm³/mol. The van der Waals surface area contributed by atoms with Crippen LogP contribution < -0.4 is 25.7 Å². The summed E-state index contributed by atoms with van der Waals surface area (Å²) in [6.45, 7) is 0.123. The van der Waals surface area contributed by atoms with Gasteiger partial charge in [-0.2, -0.15) is 0 Å². The van der Waals surface area contributed by atoms with Crippen LogP contribution in [0.4, 0.5) is 16.2 Å². The lowest BCUT2D eigenvalue weighted by Crippen LogP contribution is -2.19. The van der Waals surface area contributed by atoms with Crippen LogP contribution in [0.15, 0.2) is 83.8 Å². The van der Waals surface area contributed by atoms with E-state index in [-0.39, 0.29) is 12.2 Å². The Morgan fingerprint density at radius 3 is 2.71 bits per heavy atom. The smallest absolute Gasteiger partial charge is 0.323 e. The number of nitrogens with zero attached hydrogens (tertiary/aromatic N) is 2. The molecule has 0 aliphatic heterocycles. The number of para-hydroxylation sites is 2. The summed E-state index contributed by atoms with van der Waals surface area (Å²) in [7, 11) is 1.54. The standard InChI is InChI=1S/C23H20N4O4/c1-30-20-10-3-2-9-19(20)26-23(29)25-16-7-6-8-18(13-16)31-15-17-14-22(28)27-12-5-4-11-21(27)24-17/h2-14H,15H2,1H3,(H2,25,26,29). The molecule has 0 radical (unpaired) electrons. The number of carbonyl (C=O) groups is 1. The molecule has 2 aromatic carbocycles. The maximum absolute atomic E-state index is 12.3. The Morgan fingerprint density at radius 2 is 1.84 bits per heavy atom. The monoisotopic (exact) mass is 416 g/mol. The first-order valence-corrected chi connectivity index (χ1v) is 9.53. The van der Waals surface area contributed by atoms with Gasteiger partial charge in [-0.25, -0.2) is 9.78 Å². The van der Waals surface area contributed by atoms with Crippen molar-refractivity contribution in [1.29, 1.82) is 0 Å². The lowest BCUT2D eigenvalue weighted by atomic mass is 10.3. The SMILES string of the molecule is COc1ccccc1NC(=O)Nc1cccc(OCc2cc(=O)n3ccccc3n2)c1. The van der Waals surface area contributed by atoms with Crippen LogP contribution in [0.25, 0.3) is 5.65 Å². The average molecular weight is 416 g/mol. The van der Waals surface area contributed by atoms with Gasteiger partial charge in [0.05, 0.1) is 18.5 Å². The van der Waals surface area contributed by atoms with Crippen LogP contribution in [0.1, 0.15) is 5.69 Å². The second kappa shape index (κ2) is 9.00. The summed E-state index contributed by atoms with van der Waals surface area (Å²) >= 11 is 0. The first-order valence-electron chi connectivity index (χ1n) is 9.53. The summed E-state index contributed by atoms with van der Waals surface area (Å²) in [5.74, 6) is 1.10. The summed E-state index contributed by atoms with van der Waals surface area (Å²) in [4.78, 5) is 29.0. The van der Waals surface area contributed by atoms with E-state index in [9.17, 15) is 9.59 Å². The minimum Gasteiger partial charge on any atom is -0.495 e. The molecule has 0 fully saturated rings. The maximum Gasteiger partial charge on any atom is 0.323 e. The van der Waals surface area contributed by atoms with Crippen molar-refractivity contribution in [3.8, 4) is 11.5 Å². The van der Waals surface area contributed by atoms with Gasteiger partial charge in [0.2, 0.25) is 0 Å². The van der Waals surface area contributed by atoms with E-state index in [1.807, 2.05) is 12.1 Å². The van der Waals surface area contributed by atoms with Crippen molar-refractivity contribution < 1.29 is 14.3 Å². The summed E-state index contributed by atoms with van der Waals surface area (Å²) in [6, 6.07) is 20.5. The molecule has 0 atom stereocenters. The Bertz CT molecular complexity index is 1290. The zero-order chi connectivity index (χ0) is 21.6. The fraction of sp³-hybridized carbons (Fsp3) is 0.0870. The lowest BCUT2D eigenvalue weighted by molar-refractivity contribution is 0.262. The summed E-state index contributed by atoms with van der Waals surface area (Å²) < 4.78 is 12.5. The number of methoxy groups -OCH3 is 1. The molecule has 0 saturated heterocycles. The number of pyridine rings is 1. The van der Waals surface area contributed by atoms with Crippen LogP contribution in [-0.4, -0.2) is 22.5 Å². The van der Waals surface area contributed by atoms with E-state index < -0.39 is 6.03 Å². The van der Waals surface area contributed by atoms with Gasteiger partial charge in [0.1, 0.15) is 23.8 Å². The third-order valence-corrected chi connectivity index (χ3v) is 4.46. The number of hydrogen-bond acceptors (Lipinski definition) is 5. The number of nitrogens with one attached hydrogen (secondary N) is 2. The van der Waals surface area contributed by atoms with Gasteiger partial charge in [0.25, 0.3) is 5.56 Å². The van der Waals surface area contributed by atoms with Crippen molar-refractivity contribution in [1.82, 2.24) is 9.38 Å². The van der Waals surface area contributed by atoms with E-state index in [2.05, 4.69) is 15.6 Å². The molecule has 0 saturated carbocycles. The Hall–Kier alpha value is -4.33. The van der Waals surface area contributed by atoms with Gasteiger partial charge in [-0.1, -0.05) is 24.3 Å². The fourth-order valence-corrected chi connectivity index (χ4v) is 3.03. The maximum atomic E-state index is 12.3. The molecular formula is C23H20N4O4. The van der Waals surface area contributed by atoms with Crippen molar-refractivity contribution >= 4 is 23.1 Å². The van der Waals surface area contributed by atoms with Crippen molar-refractivity contribution in [3.05, 3.63) is 95.0 Å². The Labute approximate surface area is 178 Å². The van der Waals surface area contributed by atoms with Gasteiger partial charge < -0.3 is 20.1 Å². The number of anilines is 2. The summed E-state index contributed by atoms with van der Waals surface area (Å²) in [6.07, 6.45) is 1.67. The Kier molecular flexibility index (Phi) is 5.79. The van der Waals surface area contributed by atoms with Crippen molar-refractivity contribution in [2.75, 3.05) is 17.7 Å². The number of urea groups is 1. The van der Waals surface area contributed by atoms with E-state index in [0.29, 0.717) is 34.2 Å². The van der Waals surface area contributed by atoms with Crippen molar-refractivity contribution in [2.24, 2.45) is 0 Å². The molecule has 2 aromatic heterocycles. The van der Waals surface area contributed by atoms with E-state index in [1.54, 1.807) is 60.8 Å². The van der Waals surface area contributed by atoms with E-state index >= 15 is 0 Å². The summed E-state index contributed by atoms with van der Waals surface area (Å²) in [5.41, 5.74) is 2.01. The zero-order valence-corrected chi connectivity index (χ0v) is 16.7. The molecule has 31 heavy (non-hydrogen) atoms. The highest BCUT2D eigenvalue weighted by Crippen LogP contribution is 2.24. The predicted octanol–water partition coefficient (Wildman–Crippen LogP) is 3.93. The molecule has 156 valence electrons. The number of rotatable bonds is 6. The van der Waals surface area contributed by atoms with Crippen LogP contribution in [0.5, 0.6) is 11.5 Å². The Balaban J connectivity index is 1.41. The second-order valence-electron chi connectivity index (χ2n) is 6.61. The minimum atomic E-state index is -0.411. The van der Waals surface area contributed by atoms with E-state index in [4.69, 9.17) is 9.47 Å². The molecule has 0 aliphatic rings. The van der Waals surface area contributed by atoms with E-state index in [1.165, 1.54) is 17.6 Å². The molecular weight excluding hydrogens is 396 g/mol. The van der Waals surface area contributed by atoms with Gasteiger partial charge in [0, 0.05) is 24.0 Å². The topological polar surface area (TPSA) is 94.0 Å². The molecule has 4 aromatic rings. The normalized spacial score (nSPS) is 10.5. The minimum absolute atomic E-state index is 0.123. The molecule has 0 spiro atoms. The van der Waals surface area contributed by atoms with Crippen LogP contribution in [-0.2, 0) is 6.61 Å². The van der Waals surface area contributed by atoms with Crippen LogP contribution in [0.3, 0.4) is 0 Å². The van der Waals surface area contributed by atoms with E-state index in [0.717, 1.165) is 0 Å². The largest absolute Gasteiger partial charge is 0.495 e. The molecule has 2 heterocycles.